The van der Waals surface area contributed by atoms with E-state index in [0.29, 0.717) is 33.7 Å². The van der Waals surface area contributed by atoms with Gasteiger partial charge in [-0.1, -0.05) is 88.4 Å². The number of furan rings is 2. The quantitative estimate of drug-likeness (QED) is 0.169. The van der Waals surface area contributed by atoms with Crippen molar-refractivity contribution in [2.24, 2.45) is 0 Å². The van der Waals surface area contributed by atoms with Crippen molar-refractivity contribution in [2.45, 2.75) is 38.5 Å². The summed E-state index contributed by atoms with van der Waals surface area (Å²) in [5, 5.41) is 25.3. The SMILES string of the molecule is CC1(C)c2ccccc2-c2cc3oc4c(-c5ccccn5)c(O)ccc4c3cc21.CC1(C)c2ccccc2-c2cc3oc4c(-c5ccccn5)c(O)ccc4c3cc21.[Zn]. The Labute approximate surface area is 353 Å². The zero-order valence-corrected chi connectivity index (χ0v) is 36.1. The van der Waals surface area contributed by atoms with E-state index in [1.165, 1.54) is 44.5 Å². The number of phenolic OH excluding ortho intramolecular Hbond substituents is 2. The van der Waals surface area contributed by atoms with Gasteiger partial charge in [-0.05, 0) is 117 Å². The van der Waals surface area contributed by atoms with Crippen molar-refractivity contribution in [1.82, 2.24) is 9.97 Å². The number of hydrogen-bond donors (Lipinski definition) is 2. The predicted molar refractivity (Wildman–Crippen MR) is 232 cm³/mol. The number of rotatable bonds is 2. The van der Waals surface area contributed by atoms with Crippen LogP contribution in [0.5, 0.6) is 11.5 Å². The van der Waals surface area contributed by atoms with Crippen LogP contribution in [0, 0.1) is 0 Å². The molecule has 0 fully saturated rings. The van der Waals surface area contributed by atoms with Crippen LogP contribution in [0.3, 0.4) is 0 Å². The molecule has 0 atom stereocenters. The van der Waals surface area contributed by atoms with Crippen LogP contribution in [0.4, 0.5) is 0 Å². The minimum absolute atomic E-state index is 0. The van der Waals surface area contributed by atoms with Crippen molar-refractivity contribution in [3.8, 4) is 56.3 Å². The zero-order chi connectivity index (χ0) is 39.5. The summed E-state index contributed by atoms with van der Waals surface area (Å²) in [6, 6.07) is 44.7. The Bertz CT molecular complexity index is 3090. The average Bonchev–Trinajstić information content (AvgIpc) is 3.92. The fraction of sp³-hybridized carbons (Fsp3) is 0.115. The molecule has 0 aliphatic heterocycles. The van der Waals surface area contributed by atoms with Gasteiger partial charge in [-0.3, -0.25) is 9.97 Å². The molecule has 0 saturated heterocycles. The van der Waals surface area contributed by atoms with Gasteiger partial charge in [-0.2, -0.15) is 0 Å². The predicted octanol–water partition coefficient (Wildman–Crippen LogP) is 13.3. The zero-order valence-electron chi connectivity index (χ0n) is 33.2. The van der Waals surface area contributed by atoms with Gasteiger partial charge in [0, 0.05) is 64.2 Å². The third-order valence-electron chi connectivity index (χ3n) is 12.5. The third-order valence-corrected chi connectivity index (χ3v) is 12.5. The van der Waals surface area contributed by atoms with Crippen molar-refractivity contribution >= 4 is 43.9 Å². The summed E-state index contributed by atoms with van der Waals surface area (Å²) in [5.41, 5.74) is 15.8. The number of aromatic nitrogens is 2. The molecule has 2 aliphatic rings. The number of aromatic hydroxyl groups is 2. The van der Waals surface area contributed by atoms with Crippen molar-refractivity contribution in [3.63, 3.8) is 0 Å². The summed E-state index contributed by atoms with van der Waals surface area (Å²) >= 11 is 0. The Morgan fingerprint density at radius 3 is 1.24 bits per heavy atom. The summed E-state index contributed by atoms with van der Waals surface area (Å²) in [7, 11) is 0. The Hall–Kier alpha value is -6.56. The molecule has 2 aliphatic carbocycles. The van der Waals surface area contributed by atoms with E-state index < -0.39 is 0 Å². The summed E-state index contributed by atoms with van der Waals surface area (Å²) in [5.74, 6) is 0.349. The van der Waals surface area contributed by atoms with Crippen LogP contribution in [0.1, 0.15) is 49.9 Å². The Balaban J connectivity index is 0.000000140. The average molecular weight is 820 g/mol. The minimum Gasteiger partial charge on any atom is -0.507 e. The molecule has 0 spiro atoms. The van der Waals surface area contributed by atoms with E-state index in [1.807, 2.05) is 48.5 Å². The number of fused-ring (bicyclic) bond motifs is 12. The summed E-state index contributed by atoms with van der Waals surface area (Å²) < 4.78 is 12.7. The molecule has 10 aromatic rings. The summed E-state index contributed by atoms with van der Waals surface area (Å²) in [6.07, 6.45) is 3.45. The normalized spacial score (nSPS) is 14.0. The molecule has 2 N–H and O–H groups in total. The van der Waals surface area contributed by atoms with Crippen LogP contribution in [0.2, 0.25) is 0 Å². The summed E-state index contributed by atoms with van der Waals surface area (Å²) in [4.78, 5) is 8.85. The van der Waals surface area contributed by atoms with Gasteiger partial charge in [-0.25, -0.2) is 0 Å². The molecule has 4 heterocycles. The van der Waals surface area contributed by atoms with E-state index in [4.69, 9.17) is 8.83 Å². The van der Waals surface area contributed by atoms with E-state index in [-0.39, 0.29) is 41.8 Å². The Morgan fingerprint density at radius 2 is 0.831 bits per heavy atom. The number of hydrogen-bond acceptors (Lipinski definition) is 6. The van der Waals surface area contributed by atoms with Gasteiger partial charge in [0.05, 0.1) is 22.5 Å². The molecular weight excluding hydrogens is 782 g/mol. The molecule has 0 bridgehead atoms. The molecule has 4 aromatic heterocycles. The van der Waals surface area contributed by atoms with E-state index >= 15 is 0 Å². The molecule has 282 valence electrons. The van der Waals surface area contributed by atoms with Gasteiger partial charge in [0.1, 0.15) is 33.8 Å². The van der Waals surface area contributed by atoms with Crippen LogP contribution >= 0.6 is 0 Å². The van der Waals surface area contributed by atoms with Crippen LogP contribution in [0.25, 0.3) is 88.6 Å². The number of phenols is 2. The van der Waals surface area contributed by atoms with Gasteiger partial charge in [0.25, 0.3) is 0 Å². The molecule has 0 saturated carbocycles. The molecule has 0 unspecified atom stereocenters. The van der Waals surface area contributed by atoms with E-state index in [0.717, 1.165) is 32.7 Å². The second-order valence-corrected chi connectivity index (χ2v) is 16.4. The first-order valence-electron chi connectivity index (χ1n) is 19.6. The van der Waals surface area contributed by atoms with Crippen molar-refractivity contribution in [1.29, 1.82) is 0 Å². The second-order valence-electron chi connectivity index (χ2n) is 16.4. The molecule has 12 rings (SSSR count). The molecule has 0 amide bonds. The van der Waals surface area contributed by atoms with E-state index in [9.17, 15) is 10.2 Å². The fourth-order valence-electron chi connectivity index (χ4n) is 9.56. The van der Waals surface area contributed by atoms with Crippen molar-refractivity contribution < 1.29 is 38.5 Å². The Morgan fingerprint density at radius 1 is 0.424 bits per heavy atom. The molecule has 6 nitrogen and oxygen atoms in total. The van der Waals surface area contributed by atoms with Crippen molar-refractivity contribution in [3.05, 3.63) is 168 Å². The first-order chi connectivity index (χ1) is 28.1. The van der Waals surface area contributed by atoms with Gasteiger partial charge >= 0.3 is 0 Å². The number of benzene rings is 6. The fourth-order valence-corrected chi connectivity index (χ4v) is 9.56. The van der Waals surface area contributed by atoms with Crippen LogP contribution < -0.4 is 0 Å². The number of pyridine rings is 2. The molecule has 7 heteroatoms. The van der Waals surface area contributed by atoms with Gasteiger partial charge in [-0.15, -0.1) is 0 Å². The van der Waals surface area contributed by atoms with Gasteiger partial charge in [0.15, 0.2) is 0 Å². The monoisotopic (exact) mass is 818 g/mol. The first-order valence-corrected chi connectivity index (χ1v) is 19.6. The molecule has 59 heavy (non-hydrogen) atoms. The number of nitrogens with zero attached hydrogens (tertiary/aromatic N) is 2. The second kappa shape index (κ2) is 13.2. The maximum Gasteiger partial charge on any atom is 0.148 e. The molecule has 6 aromatic carbocycles. The molecular formula is C52H38N2O4Zn. The van der Waals surface area contributed by atoms with Crippen LogP contribution in [-0.4, -0.2) is 20.2 Å². The van der Waals surface area contributed by atoms with E-state index in [1.54, 1.807) is 24.5 Å². The standard InChI is InChI=1S/2C26H19NO2.Zn/c2*1-26(2)19-8-4-3-7-15(19)17-14-23-18(13-20(17)26)16-10-11-22(28)24(25(16)29-23)21-9-5-6-12-27-21;/h2*3-14,28H,1-2H3;. The largest absolute Gasteiger partial charge is 0.507 e. The maximum atomic E-state index is 10.6. The molecule has 0 radical (unpaired) electrons. The third kappa shape index (κ3) is 5.34. The van der Waals surface area contributed by atoms with Crippen LogP contribution in [-0.2, 0) is 30.3 Å². The smallest absolute Gasteiger partial charge is 0.148 e. The van der Waals surface area contributed by atoms with Crippen molar-refractivity contribution in [2.75, 3.05) is 0 Å². The van der Waals surface area contributed by atoms with E-state index in [2.05, 4.69) is 110 Å². The topological polar surface area (TPSA) is 92.5 Å². The maximum absolute atomic E-state index is 10.6. The van der Waals surface area contributed by atoms with Gasteiger partial charge < -0.3 is 19.0 Å². The first kappa shape index (κ1) is 36.8. The van der Waals surface area contributed by atoms with Gasteiger partial charge in [0.2, 0.25) is 0 Å². The Kier molecular flexibility index (Phi) is 8.25. The minimum atomic E-state index is -0.0650. The van der Waals surface area contributed by atoms with Crippen LogP contribution in [0.15, 0.2) is 155 Å². The summed E-state index contributed by atoms with van der Waals surface area (Å²) in [6.45, 7) is 9.10.